The van der Waals surface area contributed by atoms with Crippen LogP contribution in [0.1, 0.15) is 44.5 Å². The van der Waals surface area contributed by atoms with Crippen molar-refractivity contribution in [3.05, 3.63) is 76.2 Å². The second-order valence-corrected chi connectivity index (χ2v) is 8.63. The Morgan fingerprint density at radius 1 is 1.00 bits per heavy atom. The first-order chi connectivity index (χ1) is 14.5. The van der Waals surface area contributed by atoms with Crippen LogP contribution in [-0.4, -0.2) is 18.9 Å². The molecule has 0 saturated carbocycles. The smallest absolute Gasteiger partial charge is 0.256 e. The van der Waals surface area contributed by atoms with Crippen LogP contribution in [0.2, 0.25) is 0 Å². The Hall–Kier alpha value is -3.12. The summed E-state index contributed by atoms with van der Waals surface area (Å²) in [7, 11) is 1.62. The number of para-hydroxylation sites is 1. The summed E-state index contributed by atoms with van der Waals surface area (Å²) in [5.41, 5.74) is 2.21. The molecule has 0 bridgehead atoms. The van der Waals surface area contributed by atoms with Crippen LogP contribution in [0.5, 0.6) is 11.5 Å². The van der Waals surface area contributed by atoms with Crippen molar-refractivity contribution in [3.8, 4) is 11.5 Å². The van der Waals surface area contributed by atoms with Gasteiger partial charge in [0.1, 0.15) is 16.5 Å². The molecule has 1 heterocycles. The van der Waals surface area contributed by atoms with E-state index in [9.17, 15) is 9.59 Å². The summed E-state index contributed by atoms with van der Waals surface area (Å²) in [6.45, 7) is 2.22. The Kier molecular flexibility index (Phi) is 5.86. The molecule has 0 aliphatic heterocycles. The number of anilines is 1. The predicted octanol–water partition coefficient (Wildman–Crippen LogP) is 5.28. The molecule has 30 heavy (non-hydrogen) atoms. The summed E-state index contributed by atoms with van der Waals surface area (Å²) in [6.07, 6.45) is 2.88. The molecular weight excluding hydrogens is 396 g/mol. The van der Waals surface area contributed by atoms with Crippen LogP contribution in [0.15, 0.2) is 54.6 Å². The van der Waals surface area contributed by atoms with Crippen LogP contribution < -0.4 is 15.4 Å². The molecule has 2 aromatic carbocycles. The summed E-state index contributed by atoms with van der Waals surface area (Å²) in [4.78, 5) is 26.6. The van der Waals surface area contributed by atoms with Gasteiger partial charge in [0.25, 0.3) is 11.8 Å². The maximum absolute atomic E-state index is 12.8. The van der Waals surface area contributed by atoms with Gasteiger partial charge < -0.3 is 15.4 Å². The van der Waals surface area contributed by atoms with E-state index in [0.29, 0.717) is 27.8 Å². The van der Waals surface area contributed by atoms with Crippen LogP contribution in [0.3, 0.4) is 0 Å². The van der Waals surface area contributed by atoms with E-state index in [1.165, 1.54) is 16.2 Å². The molecule has 0 fully saturated rings. The van der Waals surface area contributed by atoms with Crippen LogP contribution in [0, 0.1) is 5.92 Å². The highest BCUT2D eigenvalue weighted by atomic mass is 32.1. The van der Waals surface area contributed by atoms with E-state index in [4.69, 9.17) is 4.74 Å². The minimum Gasteiger partial charge on any atom is -0.457 e. The molecule has 2 amide bonds. The minimum atomic E-state index is -0.238. The Bertz CT molecular complexity index is 1060. The third-order valence-electron chi connectivity index (χ3n) is 5.29. The molecule has 1 aliphatic carbocycles. The van der Waals surface area contributed by atoms with Gasteiger partial charge in [0.15, 0.2) is 0 Å². The number of hydrogen-bond acceptors (Lipinski definition) is 4. The van der Waals surface area contributed by atoms with Crippen molar-refractivity contribution in [1.82, 2.24) is 5.32 Å². The second-order valence-electron chi connectivity index (χ2n) is 7.53. The van der Waals surface area contributed by atoms with Gasteiger partial charge in [-0.05, 0) is 67.1 Å². The number of carbonyl (C=O) groups excluding carboxylic acids is 2. The average Bonchev–Trinajstić information content (AvgIpc) is 3.11. The molecule has 1 aliphatic rings. The van der Waals surface area contributed by atoms with Crippen molar-refractivity contribution in [2.24, 2.45) is 5.92 Å². The van der Waals surface area contributed by atoms with Crippen molar-refractivity contribution in [1.29, 1.82) is 0 Å². The van der Waals surface area contributed by atoms with Gasteiger partial charge in [0.2, 0.25) is 0 Å². The number of amides is 2. The van der Waals surface area contributed by atoms with Gasteiger partial charge in [-0.1, -0.05) is 25.1 Å². The van der Waals surface area contributed by atoms with Crippen molar-refractivity contribution in [2.45, 2.75) is 26.2 Å². The van der Waals surface area contributed by atoms with Crippen LogP contribution in [0.4, 0.5) is 5.00 Å². The third kappa shape index (κ3) is 4.24. The fourth-order valence-electron chi connectivity index (χ4n) is 3.68. The Morgan fingerprint density at radius 2 is 1.70 bits per heavy atom. The van der Waals surface area contributed by atoms with E-state index in [2.05, 4.69) is 17.6 Å². The average molecular weight is 421 g/mol. The van der Waals surface area contributed by atoms with Gasteiger partial charge in [0.05, 0.1) is 5.56 Å². The quantitative estimate of drug-likeness (QED) is 0.590. The van der Waals surface area contributed by atoms with Gasteiger partial charge in [0, 0.05) is 17.5 Å². The molecule has 154 valence electrons. The normalized spacial score (nSPS) is 15.2. The maximum atomic E-state index is 12.8. The Balaban J connectivity index is 1.53. The third-order valence-corrected chi connectivity index (χ3v) is 6.46. The van der Waals surface area contributed by atoms with Gasteiger partial charge >= 0.3 is 0 Å². The number of benzene rings is 2. The van der Waals surface area contributed by atoms with Crippen LogP contribution in [-0.2, 0) is 12.8 Å². The number of carbonyl (C=O) groups is 2. The van der Waals surface area contributed by atoms with E-state index in [0.717, 1.165) is 30.6 Å². The van der Waals surface area contributed by atoms with E-state index in [1.807, 2.05) is 30.3 Å². The predicted molar refractivity (Wildman–Crippen MR) is 120 cm³/mol. The summed E-state index contributed by atoms with van der Waals surface area (Å²) in [6, 6.07) is 16.5. The fourth-order valence-corrected chi connectivity index (χ4v) is 5.08. The number of ether oxygens (including phenoxy) is 1. The number of thiophene rings is 1. The molecule has 5 nitrogen and oxygen atoms in total. The second kappa shape index (κ2) is 8.71. The summed E-state index contributed by atoms with van der Waals surface area (Å²) >= 11 is 1.52. The van der Waals surface area contributed by atoms with Gasteiger partial charge in [-0.15, -0.1) is 11.3 Å². The first-order valence-corrected chi connectivity index (χ1v) is 10.9. The van der Waals surface area contributed by atoms with E-state index < -0.39 is 0 Å². The number of fused-ring (bicyclic) bond motifs is 1. The zero-order valence-corrected chi connectivity index (χ0v) is 17.8. The summed E-state index contributed by atoms with van der Waals surface area (Å²) in [5.74, 6) is 1.60. The largest absolute Gasteiger partial charge is 0.457 e. The van der Waals surface area contributed by atoms with E-state index in [-0.39, 0.29) is 11.8 Å². The highest BCUT2D eigenvalue weighted by Gasteiger charge is 2.28. The number of rotatable bonds is 5. The molecule has 0 unspecified atom stereocenters. The zero-order valence-electron chi connectivity index (χ0n) is 17.0. The molecule has 6 heteroatoms. The van der Waals surface area contributed by atoms with Crippen molar-refractivity contribution >= 4 is 28.2 Å². The summed E-state index contributed by atoms with van der Waals surface area (Å²) < 4.78 is 5.78. The maximum Gasteiger partial charge on any atom is 0.256 e. The number of hydrogen-bond donors (Lipinski definition) is 2. The highest BCUT2D eigenvalue weighted by Crippen LogP contribution is 2.39. The molecule has 0 radical (unpaired) electrons. The first kappa shape index (κ1) is 20.2. The monoisotopic (exact) mass is 420 g/mol. The molecule has 3 aromatic rings. The zero-order chi connectivity index (χ0) is 21.1. The Morgan fingerprint density at radius 3 is 2.40 bits per heavy atom. The highest BCUT2D eigenvalue weighted by molar-refractivity contribution is 7.17. The topological polar surface area (TPSA) is 67.4 Å². The fraction of sp³-hybridized carbons (Fsp3) is 0.250. The van der Waals surface area contributed by atoms with Gasteiger partial charge in [-0.2, -0.15) is 0 Å². The lowest BCUT2D eigenvalue weighted by atomic mass is 9.88. The van der Waals surface area contributed by atoms with Crippen molar-refractivity contribution < 1.29 is 14.3 Å². The lowest BCUT2D eigenvalue weighted by molar-refractivity contribution is 0.0963. The lowest BCUT2D eigenvalue weighted by Crippen LogP contribution is -2.22. The van der Waals surface area contributed by atoms with Gasteiger partial charge in [-0.25, -0.2) is 0 Å². The Labute approximate surface area is 180 Å². The van der Waals surface area contributed by atoms with E-state index >= 15 is 0 Å². The minimum absolute atomic E-state index is 0.149. The van der Waals surface area contributed by atoms with Gasteiger partial charge in [-0.3, -0.25) is 9.59 Å². The first-order valence-electron chi connectivity index (χ1n) is 10.1. The molecule has 0 saturated heterocycles. The summed E-state index contributed by atoms with van der Waals surface area (Å²) in [5, 5.41) is 6.30. The molecular formula is C24H24N2O3S. The van der Waals surface area contributed by atoms with E-state index in [1.54, 1.807) is 31.3 Å². The lowest BCUT2D eigenvalue weighted by Gasteiger charge is -2.18. The number of nitrogens with one attached hydrogen (secondary N) is 2. The molecule has 2 N–H and O–H groups in total. The van der Waals surface area contributed by atoms with Crippen molar-refractivity contribution in [2.75, 3.05) is 12.4 Å². The molecule has 1 aromatic heterocycles. The molecule has 4 rings (SSSR count). The molecule has 0 spiro atoms. The molecule has 1 atom stereocenters. The standard InChI is InChI=1S/C24H24N2O3S/c1-15-8-13-19-20(14-15)30-24(21(19)23(28)25-2)26-22(27)16-9-11-18(12-10-16)29-17-6-4-3-5-7-17/h3-7,9-12,15H,8,13-14H2,1-2H3,(H,25,28)(H,26,27)/t15-/m1/s1. The van der Waals surface area contributed by atoms with Crippen molar-refractivity contribution in [3.63, 3.8) is 0 Å². The SMILES string of the molecule is CNC(=O)c1c(NC(=O)c2ccc(Oc3ccccc3)cc2)sc2c1CC[C@@H](C)C2. The van der Waals surface area contributed by atoms with Crippen LogP contribution in [0.25, 0.3) is 0 Å². The van der Waals surface area contributed by atoms with Crippen LogP contribution >= 0.6 is 11.3 Å².